The molecule has 8 heteroatoms. The molecule has 1 saturated heterocycles. The number of nitrogens with zero attached hydrogens (tertiary/aromatic N) is 2. The highest BCUT2D eigenvalue weighted by Gasteiger charge is 2.25. The fourth-order valence-electron chi connectivity index (χ4n) is 4.45. The minimum absolute atomic E-state index is 0.0135. The first-order chi connectivity index (χ1) is 18.5. The van der Waals surface area contributed by atoms with E-state index in [0.717, 1.165) is 30.0 Å². The number of methoxy groups -OCH3 is 3. The van der Waals surface area contributed by atoms with Crippen LogP contribution in [0.2, 0.25) is 0 Å². The van der Waals surface area contributed by atoms with E-state index in [0.29, 0.717) is 43.1 Å². The van der Waals surface area contributed by atoms with Crippen LogP contribution in [0.5, 0.6) is 11.5 Å². The van der Waals surface area contributed by atoms with E-state index in [4.69, 9.17) is 18.9 Å². The summed E-state index contributed by atoms with van der Waals surface area (Å²) < 4.78 is 21.9. The van der Waals surface area contributed by atoms with E-state index in [1.54, 1.807) is 32.4 Å². The van der Waals surface area contributed by atoms with Crippen molar-refractivity contribution < 1.29 is 28.5 Å². The largest absolute Gasteiger partial charge is 0.497 e. The van der Waals surface area contributed by atoms with E-state index in [1.807, 2.05) is 59.5 Å². The Balaban J connectivity index is 1.40. The van der Waals surface area contributed by atoms with E-state index in [1.165, 1.54) is 7.11 Å². The molecule has 200 valence electrons. The summed E-state index contributed by atoms with van der Waals surface area (Å²) in [5, 5.41) is 0. The van der Waals surface area contributed by atoms with E-state index in [9.17, 15) is 9.59 Å². The Labute approximate surface area is 223 Å². The highest BCUT2D eigenvalue weighted by molar-refractivity contribution is 5.94. The second kappa shape index (κ2) is 13.1. The maximum absolute atomic E-state index is 13.0. The molecule has 4 rings (SSSR count). The average Bonchev–Trinajstić information content (AvgIpc) is 2.99. The predicted molar refractivity (Wildman–Crippen MR) is 144 cm³/mol. The van der Waals surface area contributed by atoms with Gasteiger partial charge in [0.25, 0.3) is 5.91 Å². The van der Waals surface area contributed by atoms with Gasteiger partial charge in [0.2, 0.25) is 0 Å². The van der Waals surface area contributed by atoms with E-state index in [-0.39, 0.29) is 18.0 Å². The normalized spacial score (nSPS) is 14.6. The van der Waals surface area contributed by atoms with Crippen molar-refractivity contribution in [3.8, 4) is 11.5 Å². The van der Waals surface area contributed by atoms with Gasteiger partial charge in [0.15, 0.2) is 0 Å². The van der Waals surface area contributed by atoms with Crippen LogP contribution in [0.25, 0.3) is 0 Å². The summed E-state index contributed by atoms with van der Waals surface area (Å²) in [5.41, 5.74) is 3.11. The van der Waals surface area contributed by atoms with Crippen molar-refractivity contribution in [1.29, 1.82) is 0 Å². The Kier molecular flexibility index (Phi) is 9.35. The Hall–Kier alpha value is -3.88. The third kappa shape index (κ3) is 6.90. The summed E-state index contributed by atoms with van der Waals surface area (Å²) in [6.45, 7) is 3.82. The first kappa shape index (κ1) is 27.2. The maximum Gasteiger partial charge on any atom is 0.337 e. The smallest absolute Gasteiger partial charge is 0.337 e. The van der Waals surface area contributed by atoms with Crippen molar-refractivity contribution in [1.82, 2.24) is 9.80 Å². The van der Waals surface area contributed by atoms with E-state index < -0.39 is 0 Å². The summed E-state index contributed by atoms with van der Waals surface area (Å²) >= 11 is 0. The van der Waals surface area contributed by atoms with Crippen molar-refractivity contribution in [2.75, 3.05) is 54.1 Å². The van der Waals surface area contributed by atoms with E-state index in [2.05, 4.69) is 4.90 Å². The van der Waals surface area contributed by atoms with Crippen molar-refractivity contribution in [2.24, 2.45) is 0 Å². The lowest BCUT2D eigenvalue weighted by molar-refractivity contribution is 0.00331. The van der Waals surface area contributed by atoms with Crippen molar-refractivity contribution in [3.05, 3.63) is 95.1 Å². The second-order valence-electron chi connectivity index (χ2n) is 9.09. The molecule has 0 radical (unpaired) electrons. The third-order valence-corrected chi connectivity index (χ3v) is 6.69. The van der Waals surface area contributed by atoms with Crippen molar-refractivity contribution >= 4 is 11.9 Å². The van der Waals surface area contributed by atoms with Gasteiger partial charge in [-0.25, -0.2) is 4.79 Å². The summed E-state index contributed by atoms with van der Waals surface area (Å²) in [4.78, 5) is 29.0. The van der Waals surface area contributed by atoms with Crippen LogP contribution in [0.15, 0.2) is 72.8 Å². The molecular formula is C30H34N2O6. The first-order valence-corrected chi connectivity index (χ1v) is 12.6. The topological polar surface area (TPSA) is 77.5 Å². The Bertz CT molecular complexity index is 1220. The van der Waals surface area contributed by atoms with Crippen LogP contribution in [0.3, 0.4) is 0 Å². The Morgan fingerprint density at radius 2 is 1.45 bits per heavy atom. The van der Waals surface area contributed by atoms with Gasteiger partial charge in [0, 0.05) is 38.3 Å². The molecule has 1 heterocycles. The second-order valence-corrected chi connectivity index (χ2v) is 9.09. The van der Waals surface area contributed by atoms with Crippen LogP contribution in [0.1, 0.15) is 37.9 Å². The van der Waals surface area contributed by atoms with Gasteiger partial charge >= 0.3 is 5.97 Å². The van der Waals surface area contributed by atoms with Gasteiger partial charge in [-0.1, -0.05) is 30.3 Å². The minimum atomic E-state index is -0.365. The molecular weight excluding hydrogens is 484 g/mol. The van der Waals surface area contributed by atoms with Gasteiger partial charge in [0.1, 0.15) is 11.5 Å². The zero-order chi connectivity index (χ0) is 26.9. The summed E-state index contributed by atoms with van der Waals surface area (Å²) in [7, 11) is 4.61. The molecule has 1 aliphatic heterocycles. The number of ether oxygens (including phenoxy) is 4. The molecule has 0 spiro atoms. The zero-order valence-electron chi connectivity index (χ0n) is 22.1. The minimum Gasteiger partial charge on any atom is -0.497 e. The van der Waals surface area contributed by atoms with Crippen LogP contribution < -0.4 is 9.47 Å². The molecule has 1 fully saturated rings. The molecule has 0 saturated carbocycles. The van der Waals surface area contributed by atoms with E-state index >= 15 is 0 Å². The number of hydrogen-bond donors (Lipinski definition) is 0. The monoisotopic (exact) mass is 518 g/mol. The number of benzene rings is 3. The maximum atomic E-state index is 13.0. The predicted octanol–water partition coefficient (Wildman–Crippen LogP) is 4.21. The number of carbonyl (C=O) groups excluding carboxylic acids is 2. The highest BCUT2D eigenvalue weighted by Crippen LogP contribution is 2.25. The molecule has 0 bridgehead atoms. The van der Waals surface area contributed by atoms with Crippen molar-refractivity contribution in [2.45, 2.75) is 12.7 Å². The lowest BCUT2D eigenvalue weighted by atomic mass is 10.1. The number of esters is 1. The number of carbonyl (C=O) groups is 2. The fraction of sp³-hybridized carbons (Fsp3) is 0.333. The number of rotatable bonds is 10. The lowest BCUT2D eigenvalue weighted by Gasteiger charge is -2.36. The molecule has 8 nitrogen and oxygen atoms in total. The summed E-state index contributed by atoms with van der Waals surface area (Å²) in [6.07, 6.45) is -0.203. The van der Waals surface area contributed by atoms with Gasteiger partial charge < -0.3 is 23.8 Å². The number of amides is 1. The molecule has 1 aliphatic rings. The molecule has 1 amide bonds. The molecule has 38 heavy (non-hydrogen) atoms. The van der Waals surface area contributed by atoms with Gasteiger partial charge in [-0.15, -0.1) is 0 Å². The molecule has 1 atom stereocenters. The van der Waals surface area contributed by atoms with Gasteiger partial charge in [-0.2, -0.15) is 0 Å². The molecule has 0 unspecified atom stereocenters. The number of hydrogen-bond acceptors (Lipinski definition) is 7. The summed E-state index contributed by atoms with van der Waals surface area (Å²) in [5.74, 6) is 1.09. The standard InChI is InChI=1S/C30H34N2O6/c1-35-26-8-4-6-24(18-26)28(38-21-22-10-12-23(13-11-22)30(34)37-3)20-31-14-16-32(17-15-31)29(33)25-7-5-9-27(19-25)36-2/h4-13,18-19,28H,14-17,20-21H2,1-3H3/t28-/m1/s1. The van der Waals surface area contributed by atoms with Gasteiger partial charge in [-0.05, 0) is 53.6 Å². The van der Waals surface area contributed by atoms with Crippen LogP contribution in [-0.4, -0.2) is 75.7 Å². The average molecular weight is 519 g/mol. The molecule has 0 aliphatic carbocycles. The third-order valence-electron chi connectivity index (χ3n) is 6.69. The quantitative estimate of drug-likeness (QED) is 0.372. The molecule has 0 N–H and O–H groups in total. The highest BCUT2D eigenvalue weighted by atomic mass is 16.5. The van der Waals surface area contributed by atoms with Gasteiger partial charge in [0.05, 0.1) is 39.6 Å². The van der Waals surface area contributed by atoms with Crippen LogP contribution in [0, 0.1) is 0 Å². The SMILES string of the molecule is COC(=O)c1ccc(CO[C@H](CN2CCN(C(=O)c3cccc(OC)c3)CC2)c2cccc(OC)c2)cc1. The van der Waals surface area contributed by atoms with Gasteiger partial charge in [-0.3, -0.25) is 9.69 Å². The Morgan fingerprint density at radius 1 is 0.789 bits per heavy atom. The van der Waals surface area contributed by atoms with Crippen LogP contribution in [-0.2, 0) is 16.1 Å². The number of piperazine rings is 1. The lowest BCUT2D eigenvalue weighted by Crippen LogP contribution is -2.49. The Morgan fingerprint density at radius 3 is 2.11 bits per heavy atom. The molecule has 0 aromatic heterocycles. The first-order valence-electron chi connectivity index (χ1n) is 12.6. The van der Waals surface area contributed by atoms with Crippen LogP contribution >= 0.6 is 0 Å². The van der Waals surface area contributed by atoms with Crippen molar-refractivity contribution in [3.63, 3.8) is 0 Å². The van der Waals surface area contributed by atoms with Crippen LogP contribution in [0.4, 0.5) is 0 Å². The fourth-order valence-corrected chi connectivity index (χ4v) is 4.45. The molecule has 3 aromatic carbocycles. The molecule has 3 aromatic rings. The summed E-state index contributed by atoms with van der Waals surface area (Å²) in [6, 6.07) is 22.4. The zero-order valence-corrected chi connectivity index (χ0v) is 22.1.